The highest BCUT2D eigenvalue weighted by atomic mass is 79.9. The summed E-state index contributed by atoms with van der Waals surface area (Å²) in [6, 6.07) is 10.3. The predicted molar refractivity (Wildman–Crippen MR) is 98.6 cm³/mol. The van der Waals surface area contributed by atoms with Crippen LogP contribution in [0.1, 0.15) is 24.1 Å². The van der Waals surface area contributed by atoms with Crippen molar-refractivity contribution in [1.29, 1.82) is 0 Å². The summed E-state index contributed by atoms with van der Waals surface area (Å²) in [7, 11) is 0. The van der Waals surface area contributed by atoms with E-state index in [-0.39, 0.29) is 6.04 Å². The minimum absolute atomic E-state index is 0.126. The summed E-state index contributed by atoms with van der Waals surface area (Å²) in [5.41, 5.74) is 2.26. The van der Waals surface area contributed by atoms with Gasteiger partial charge in [-0.25, -0.2) is 4.98 Å². The van der Waals surface area contributed by atoms with Crippen LogP contribution in [0.3, 0.4) is 0 Å². The molecule has 0 bridgehead atoms. The average Bonchev–Trinajstić information content (AvgIpc) is 2.49. The Morgan fingerprint density at radius 1 is 1.24 bits per heavy atom. The van der Waals surface area contributed by atoms with E-state index >= 15 is 0 Å². The summed E-state index contributed by atoms with van der Waals surface area (Å²) < 4.78 is 1.85. The minimum atomic E-state index is 0.126. The number of anilines is 1. The van der Waals surface area contributed by atoms with Gasteiger partial charge in [0, 0.05) is 10.7 Å². The van der Waals surface area contributed by atoms with Crippen LogP contribution in [-0.2, 0) is 0 Å². The van der Waals surface area contributed by atoms with Gasteiger partial charge in [-0.2, -0.15) is 0 Å². The predicted octanol–water partition coefficient (Wildman–Crippen LogP) is 4.96. The largest absolute Gasteiger partial charge is 0.356 e. The molecule has 3 nitrogen and oxygen atoms in total. The number of thiocarbonyl (C=S) groups is 1. The molecule has 0 fully saturated rings. The molecule has 0 unspecified atom stereocenters. The van der Waals surface area contributed by atoms with E-state index in [0.29, 0.717) is 10.9 Å². The molecule has 110 valence electrons. The van der Waals surface area contributed by atoms with Crippen molar-refractivity contribution in [2.24, 2.45) is 0 Å². The standard InChI is InChI=1S/C15H15Br2N3S/c1-9-12(16)8-18-14(13(9)17)20-15(21)19-10(2)11-6-4-3-5-7-11/h3-8,10H,1-2H3,(H2,18,19,20,21)/t10-/m1/s1. The topological polar surface area (TPSA) is 37.0 Å². The lowest BCUT2D eigenvalue weighted by Crippen LogP contribution is -2.31. The molecule has 2 aromatic rings. The number of halogens is 2. The number of hydrogen-bond donors (Lipinski definition) is 2. The van der Waals surface area contributed by atoms with Crippen LogP contribution in [0.4, 0.5) is 5.82 Å². The van der Waals surface area contributed by atoms with E-state index in [1.54, 1.807) is 6.20 Å². The Bertz CT molecular complexity index is 647. The summed E-state index contributed by atoms with van der Waals surface area (Å²) in [6.45, 7) is 4.07. The Kier molecular flexibility index (Phi) is 5.72. The summed E-state index contributed by atoms with van der Waals surface area (Å²) in [4.78, 5) is 4.33. The maximum absolute atomic E-state index is 5.35. The lowest BCUT2D eigenvalue weighted by Gasteiger charge is -2.18. The molecule has 0 amide bonds. The van der Waals surface area contributed by atoms with E-state index in [1.165, 1.54) is 5.56 Å². The zero-order chi connectivity index (χ0) is 15.4. The number of rotatable bonds is 3. The molecule has 0 saturated heterocycles. The third-order valence-corrected chi connectivity index (χ3v) is 5.07. The number of aromatic nitrogens is 1. The molecule has 0 spiro atoms. The molecule has 0 aliphatic carbocycles. The van der Waals surface area contributed by atoms with Gasteiger partial charge in [0.15, 0.2) is 5.11 Å². The minimum Gasteiger partial charge on any atom is -0.356 e. The van der Waals surface area contributed by atoms with Crippen LogP contribution in [0, 0.1) is 6.92 Å². The second-order valence-electron chi connectivity index (χ2n) is 4.62. The van der Waals surface area contributed by atoms with Gasteiger partial charge in [0.2, 0.25) is 0 Å². The molecule has 21 heavy (non-hydrogen) atoms. The summed E-state index contributed by atoms with van der Waals surface area (Å²) in [6.07, 6.45) is 1.76. The highest BCUT2D eigenvalue weighted by Gasteiger charge is 2.11. The highest BCUT2D eigenvalue weighted by molar-refractivity contribution is 9.11. The highest BCUT2D eigenvalue weighted by Crippen LogP contribution is 2.29. The van der Waals surface area contributed by atoms with Crippen molar-refractivity contribution in [3.63, 3.8) is 0 Å². The number of nitrogens with zero attached hydrogens (tertiary/aromatic N) is 1. The summed E-state index contributed by atoms with van der Waals surface area (Å²) >= 11 is 12.3. The first kappa shape index (κ1) is 16.4. The third-order valence-electron chi connectivity index (χ3n) is 3.08. The Hall–Kier alpha value is -0.980. The Morgan fingerprint density at radius 2 is 1.90 bits per heavy atom. The number of nitrogens with one attached hydrogen (secondary N) is 2. The molecule has 0 radical (unpaired) electrons. The van der Waals surface area contributed by atoms with E-state index in [2.05, 4.69) is 66.5 Å². The second-order valence-corrected chi connectivity index (χ2v) is 6.68. The number of hydrogen-bond acceptors (Lipinski definition) is 2. The van der Waals surface area contributed by atoms with E-state index in [9.17, 15) is 0 Å². The SMILES string of the molecule is Cc1c(Br)cnc(NC(=S)N[C@H](C)c2ccccc2)c1Br. The average molecular weight is 429 g/mol. The Labute approximate surface area is 146 Å². The molecule has 6 heteroatoms. The summed E-state index contributed by atoms with van der Waals surface area (Å²) in [5, 5.41) is 6.92. The van der Waals surface area contributed by atoms with E-state index in [4.69, 9.17) is 12.2 Å². The fraction of sp³-hybridized carbons (Fsp3) is 0.200. The molecular weight excluding hydrogens is 414 g/mol. The van der Waals surface area contributed by atoms with E-state index in [1.807, 2.05) is 25.1 Å². The zero-order valence-electron chi connectivity index (χ0n) is 11.7. The van der Waals surface area contributed by atoms with Gasteiger partial charge in [0.25, 0.3) is 0 Å². The van der Waals surface area contributed by atoms with E-state index < -0.39 is 0 Å². The fourth-order valence-electron chi connectivity index (χ4n) is 1.81. The van der Waals surface area contributed by atoms with Crippen molar-refractivity contribution < 1.29 is 0 Å². The third kappa shape index (κ3) is 4.25. The van der Waals surface area contributed by atoms with Crippen molar-refractivity contribution in [2.75, 3.05) is 5.32 Å². The smallest absolute Gasteiger partial charge is 0.172 e. The molecular formula is C15H15Br2N3S. The maximum Gasteiger partial charge on any atom is 0.172 e. The van der Waals surface area contributed by atoms with E-state index in [0.717, 1.165) is 14.5 Å². The van der Waals surface area contributed by atoms with Crippen molar-refractivity contribution in [3.05, 3.63) is 56.6 Å². The lowest BCUT2D eigenvalue weighted by molar-refractivity contribution is 0.722. The van der Waals surface area contributed by atoms with Crippen molar-refractivity contribution in [2.45, 2.75) is 19.9 Å². The quantitative estimate of drug-likeness (QED) is 0.677. The lowest BCUT2D eigenvalue weighted by atomic mass is 10.1. The fourth-order valence-corrected chi connectivity index (χ4v) is 3.06. The Morgan fingerprint density at radius 3 is 2.57 bits per heavy atom. The van der Waals surface area contributed by atoms with Gasteiger partial charge in [-0.1, -0.05) is 30.3 Å². The van der Waals surface area contributed by atoms with Gasteiger partial charge in [0.05, 0.1) is 10.5 Å². The molecule has 1 aromatic heterocycles. The molecule has 0 aliphatic heterocycles. The molecule has 1 heterocycles. The zero-order valence-corrected chi connectivity index (χ0v) is 15.6. The molecule has 1 atom stereocenters. The second kappa shape index (κ2) is 7.33. The van der Waals surface area contributed by atoms with Crippen molar-refractivity contribution in [1.82, 2.24) is 10.3 Å². The normalized spacial score (nSPS) is 11.8. The number of pyridine rings is 1. The molecule has 2 rings (SSSR count). The first-order valence-corrected chi connectivity index (χ1v) is 8.41. The molecule has 1 aromatic carbocycles. The van der Waals surface area contributed by atoms with Crippen LogP contribution in [0.2, 0.25) is 0 Å². The van der Waals surface area contributed by atoms with Crippen LogP contribution in [0.5, 0.6) is 0 Å². The van der Waals surface area contributed by atoms with Gasteiger partial charge in [-0.3, -0.25) is 0 Å². The van der Waals surface area contributed by atoms with Crippen LogP contribution >= 0.6 is 44.1 Å². The van der Waals surface area contributed by atoms with Crippen LogP contribution < -0.4 is 10.6 Å². The van der Waals surface area contributed by atoms with Crippen LogP contribution in [0.25, 0.3) is 0 Å². The summed E-state index contributed by atoms with van der Waals surface area (Å²) in [5.74, 6) is 0.702. The Balaban J connectivity index is 2.04. The molecule has 0 aliphatic rings. The van der Waals surface area contributed by atoms with Crippen LogP contribution in [-0.4, -0.2) is 10.1 Å². The maximum atomic E-state index is 5.35. The first-order valence-electron chi connectivity index (χ1n) is 6.42. The van der Waals surface area contributed by atoms with Crippen molar-refractivity contribution >= 4 is 55.0 Å². The number of benzene rings is 1. The van der Waals surface area contributed by atoms with Gasteiger partial charge in [-0.05, 0) is 69.1 Å². The van der Waals surface area contributed by atoms with Crippen molar-refractivity contribution in [3.8, 4) is 0 Å². The van der Waals surface area contributed by atoms with Crippen LogP contribution in [0.15, 0.2) is 45.5 Å². The molecule has 0 saturated carbocycles. The van der Waals surface area contributed by atoms with Gasteiger partial charge in [0.1, 0.15) is 5.82 Å². The molecule has 2 N–H and O–H groups in total. The van der Waals surface area contributed by atoms with Gasteiger partial charge >= 0.3 is 0 Å². The van der Waals surface area contributed by atoms with Gasteiger partial charge in [-0.15, -0.1) is 0 Å². The first-order chi connectivity index (χ1) is 9.99. The van der Waals surface area contributed by atoms with Gasteiger partial charge < -0.3 is 10.6 Å². The monoisotopic (exact) mass is 427 g/mol.